The van der Waals surface area contributed by atoms with Crippen LogP contribution in [0.5, 0.6) is 0 Å². The van der Waals surface area contributed by atoms with Crippen LogP contribution in [0.3, 0.4) is 0 Å². The number of likely N-dealkylation sites (N-methyl/N-ethyl adjacent to an activating group) is 1. The summed E-state index contributed by atoms with van der Waals surface area (Å²) in [4.78, 5) is 7.65. The summed E-state index contributed by atoms with van der Waals surface area (Å²) < 4.78 is 0. The lowest BCUT2D eigenvalue weighted by Gasteiger charge is -2.38. The van der Waals surface area contributed by atoms with Gasteiger partial charge in [-0.1, -0.05) is 44.9 Å². The molecule has 3 rings (SSSR count). The van der Waals surface area contributed by atoms with Crippen LogP contribution in [0.1, 0.15) is 39.5 Å². The molecule has 1 aromatic carbocycles. The highest BCUT2D eigenvalue weighted by Gasteiger charge is 2.23. The van der Waals surface area contributed by atoms with Gasteiger partial charge in [0, 0.05) is 51.5 Å². The van der Waals surface area contributed by atoms with E-state index in [-0.39, 0.29) is 0 Å². The Hall–Kier alpha value is -1.06. The van der Waals surface area contributed by atoms with E-state index in [1.165, 1.54) is 77.2 Å². The number of rotatable bonds is 4. The molecule has 0 radical (unpaired) electrons. The van der Waals surface area contributed by atoms with Gasteiger partial charge in [-0.15, -0.1) is 0 Å². The molecule has 0 bridgehead atoms. The van der Waals surface area contributed by atoms with Crippen LogP contribution in [0.4, 0.5) is 5.69 Å². The molecular weight excluding hydrogens is 294 g/mol. The minimum Gasteiger partial charge on any atom is -0.372 e. The third-order valence-electron chi connectivity index (χ3n) is 5.35. The molecule has 0 atom stereocenters. The maximum absolute atomic E-state index is 2.67. The lowest BCUT2D eigenvalue weighted by atomic mass is 9.95. The summed E-state index contributed by atoms with van der Waals surface area (Å²) in [7, 11) is 2.23. The molecule has 3 nitrogen and oxygen atoms in total. The van der Waals surface area contributed by atoms with Crippen molar-refractivity contribution in [3.63, 3.8) is 0 Å². The van der Waals surface area contributed by atoms with E-state index in [0.717, 1.165) is 5.92 Å². The normalized spacial score (nSPS) is 20.5. The predicted octanol–water partition coefficient (Wildman–Crippen LogP) is 3.96. The van der Waals surface area contributed by atoms with Crippen LogP contribution in [0, 0.1) is 5.92 Å². The molecule has 2 heterocycles. The third kappa shape index (κ3) is 6.45. The molecule has 2 aliphatic rings. The Morgan fingerprint density at radius 2 is 1.42 bits per heavy atom. The lowest BCUT2D eigenvalue weighted by molar-refractivity contribution is 0.129. The number of benzene rings is 1. The first-order chi connectivity index (χ1) is 11.7. The number of unbranched alkanes of at least 4 members (excludes halogenated alkanes) is 1. The average molecular weight is 332 g/mol. The highest BCUT2D eigenvalue weighted by Crippen LogP contribution is 2.23. The molecule has 0 spiro atoms. The minimum absolute atomic E-state index is 0.901. The first-order valence-corrected chi connectivity index (χ1v) is 9.93. The molecule has 2 saturated heterocycles. The number of nitrogens with zero attached hydrogens (tertiary/aromatic N) is 3. The third-order valence-corrected chi connectivity index (χ3v) is 5.35. The highest BCUT2D eigenvalue weighted by atomic mass is 15.2. The van der Waals surface area contributed by atoms with Crippen molar-refractivity contribution in [3.8, 4) is 0 Å². The van der Waals surface area contributed by atoms with Gasteiger partial charge in [-0.3, -0.25) is 0 Å². The minimum atomic E-state index is 0.901. The van der Waals surface area contributed by atoms with E-state index in [4.69, 9.17) is 0 Å². The van der Waals surface area contributed by atoms with Gasteiger partial charge in [0.1, 0.15) is 0 Å². The van der Waals surface area contributed by atoms with Crippen molar-refractivity contribution in [2.45, 2.75) is 39.5 Å². The second kappa shape index (κ2) is 10.7. The van der Waals surface area contributed by atoms with Crippen molar-refractivity contribution in [1.29, 1.82) is 0 Å². The van der Waals surface area contributed by atoms with Crippen LogP contribution in [0.15, 0.2) is 30.3 Å². The number of hydrogen-bond donors (Lipinski definition) is 0. The van der Waals surface area contributed by atoms with Crippen molar-refractivity contribution < 1.29 is 0 Å². The molecular formula is C21H37N3. The van der Waals surface area contributed by atoms with Gasteiger partial charge >= 0.3 is 0 Å². The highest BCUT2D eigenvalue weighted by molar-refractivity contribution is 5.46. The first-order valence-electron chi connectivity index (χ1n) is 9.93. The Morgan fingerprint density at radius 3 is 1.96 bits per heavy atom. The van der Waals surface area contributed by atoms with Crippen LogP contribution in [-0.2, 0) is 0 Å². The Labute approximate surface area is 149 Å². The van der Waals surface area contributed by atoms with E-state index >= 15 is 0 Å². The van der Waals surface area contributed by atoms with Gasteiger partial charge in [0.25, 0.3) is 0 Å². The molecule has 0 unspecified atom stereocenters. The second-order valence-corrected chi connectivity index (χ2v) is 7.37. The first kappa shape index (κ1) is 19.3. The summed E-state index contributed by atoms with van der Waals surface area (Å²) in [5.41, 5.74) is 1.39. The van der Waals surface area contributed by atoms with Crippen molar-refractivity contribution >= 4 is 5.69 Å². The van der Waals surface area contributed by atoms with Gasteiger partial charge in [0.05, 0.1) is 0 Å². The van der Waals surface area contributed by atoms with Gasteiger partial charge < -0.3 is 14.7 Å². The fourth-order valence-corrected chi connectivity index (χ4v) is 3.41. The van der Waals surface area contributed by atoms with Crippen LogP contribution < -0.4 is 4.90 Å². The summed E-state index contributed by atoms with van der Waals surface area (Å²) in [6.45, 7) is 13.1. The van der Waals surface area contributed by atoms with Crippen molar-refractivity contribution in [2.75, 3.05) is 57.8 Å². The Kier molecular flexibility index (Phi) is 8.62. The van der Waals surface area contributed by atoms with Crippen LogP contribution in [-0.4, -0.2) is 62.7 Å². The zero-order valence-electron chi connectivity index (χ0n) is 16.1. The van der Waals surface area contributed by atoms with E-state index in [1.54, 1.807) is 0 Å². The van der Waals surface area contributed by atoms with Crippen molar-refractivity contribution in [1.82, 2.24) is 9.80 Å². The quantitative estimate of drug-likeness (QED) is 0.827. The van der Waals surface area contributed by atoms with Crippen molar-refractivity contribution in [2.24, 2.45) is 5.92 Å². The number of piperazine rings is 1. The number of anilines is 1. The molecule has 0 aromatic heterocycles. The van der Waals surface area contributed by atoms with Crippen LogP contribution in [0.2, 0.25) is 0 Å². The second-order valence-electron chi connectivity index (χ2n) is 7.37. The van der Waals surface area contributed by atoms with E-state index in [2.05, 4.69) is 65.9 Å². The van der Waals surface area contributed by atoms with E-state index < -0.39 is 0 Å². The van der Waals surface area contributed by atoms with Gasteiger partial charge in [-0.25, -0.2) is 0 Å². The molecule has 24 heavy (non-hydrogen) atoms. The number of piperidine rings is 1. The molecule has 136 valence electrons. The topological polar surface area (TPSA) is 9.72 Å². The van der Waals surface area contributed by atoms with Gasteiger partial charge in [-0.2, -0.15) is 0 Å². The Morgan fingerprint density at radius 1 is 0.833 bits per heavy atom. The Bertz CT molecular complexity index is 416. The standard InChI is InChI=1S/C17H27N3.C4H10/c1-18-11-13-19(14-12-18)15-16-7-9-20(10-8-16)17-5-3-2-4-6-17;1-3-4-2/h2-6,16H,7-15H2,1H3;3-4H2,1-2H3. The number of para-hydroxylation sites is 1. The molecule has 1 aromatic rings. The molecule has 0 amide bonds. The predicted molar refractivity (Wildman–Crippen MR) is 106 cm³/mol. The number of hydrogen-bond acceptors (Lipinski definition) is 3. The van der Waals surface area contributed by atoms with E-state index in [0.29, 0.717) is 0 Å². The summed E-state index contributed by atoms with van der Waals surface area (Å²) in [6.07, 6.45) is 5.34. The smallest absolute Gasteiger partial charge is 0.0366 e. The molecule has 0 aliphatic carbocycles. The molecule has 3 heteroatoms. The summed E-state index contributed by atoms with van der Waals surface area (Å²) in [6, 6.07) is 10.9. The monoisotopic (exact) mass is 331 g/mol. The van der Waals surface area contributed by atoms with Crippen LogP contribution in [0.25, 0.3) is 0 Å². The average Bonchev–Trinajstić information content (AvgIpc) is 2.65. The van der Waals surface area contributed by atoms with Gasteiger partial charge in [0.15, 0.2) is 0 Å². The fourth-order valence-electron chi connectivity index (χ4n) is 3.41. The maximum atomic E-state index is 2.67. The summed E-state index contributed by atoms with van der Waals surface area (Å²) in [5.74, 6) is 0.901. The molecule has 2 aliphatic heterocycles. The van der Waals surface area contributed by atoms with Crippen molar-refractivity contribution in [3.05, 3.63) is 30.3 Å². The SMILES string of the molecule is CCCC.CN1CCN(CC2CCN(c3ccccc3)CC2)CC1. The molecule has 2 fully saturated rings. The lowest BCUT2D eigenvalue weighted by Crippen LogP contribution is -2.47. The zero-order valence-corrected chi connectivity index (χ0v) is 16.1. The summed E-state index contributed by atoms with van der Waals surface area (Å²) in [5, 5.41) is 0. The van der Waals surface area contributed by atoms with Gasteiger partial charge in [-0.05, 0) is 37.9 Å². The molecule has 0 N–H and O–H groups in total. The van der Waals surface area contributed by atoms with E-state index in [9.17, 15) is 0 Å². The summed E-state index contributed by atoms with van der Waals surface area (Å²) >= 11 is 0. The van der Waals surface area contributed by atoms with E-state index in [1.807, 2.05) is 0 Å². The Balaban J connectivity index is 0.000000471. The van der Waals surface area contributed by atoms with Crippen LogP contribution >= 0.6 is 0 Å². The zero-order chi connectivity index (χ0) is 17.2. The largest absolute Gasteiger partial charge is 0.372 e. The van der Waals surface area contributed by atoms with Gasteiger partial charge in [0.2, 0.25) is 0 Å². The maximum Gasteiger partial charge on any atom is 0.0366 e. The molecule has 0 saturated carbocycles. The fraction of sp³-hybridized carbons (Fsp3) is 0.714.